The molecule has 9 heteroatoms. The third kappa shape index (κ3) is 3.49. The summed E-state index contributed by atoms with van der Waals surface area (Å²) in [5.41, 5.74) is 1.18. The zero-order valence-electron chi connectivity index (χ0n) is 11.1. The topological polar surface area (TPSA) is 85.1 Å². The Morgan fingerprint density at radius 2 is 2.00 bits per heavy atom. The quantitative estimate of drug-likeness (QED) is 0.772. The summed E-state index contributed by atoms with van der Waals surface area (Å²) in [6.45, 7) is 0. The fraction of sp³-hybridized carbons (Fsp3) is 0.0769. The predicted molar refractivity (Wildman–Crippen MR) is 80.3 cm³/mol. The van der Waals surface area contributed by atoms with E-state index in [1.54, 1.807) is 6.07 Å². The van der Waals surface area contributed by atoms with Gasteiger partial charge in [-0.1, -0.05) is 12.1 Å². The molecule has 0 aliphatic rings. The second kappa shape index (κ2) is 5.85. The van der Waals surface area contributed by atoms with Crippen molar-refractivity contribution in [1.29, 1.82) is 0 Å². The number of sulfonamides is 1. The van der Waals surface area contributed by atoms with Gasteiger partial charge >= 0.3 is 0 Å². The van der Waals surface area contributed by atoms with Crippen LogP contribution in [0.15, 0.2) is 45.6 Å². The first kappa shape index (κ1) is 14.7. The number of nitrogens with zero attached hydrogens (tertiary/aromatic N) is 2. The Morgan fingerprint density at radius 3 is 2.68 bits per heavy atom. The van der Waals surface area contributed by atoms with Crippen molar-refractivity contribution in [1.82, 2.24) is 10.1 Å². The van der Waals surface area contributed by atoms with E-state index in [-0.39, 0.29) is 17.6 Å². The maximum absolute atomic E-state index is 12.8. The van der Waals surface area contributed by atoms with Crippen LogP contribution in [0.2, 0.25) is 0 Å². The van der Waals surface area contributed by atoms with Gasteiger partial charge in [0.25, 0.3) is 11.8 Å². The lowest BCUT2D eigenvalue weighted by atomic mass is 10.2. The number of hydrogen-bond donors (Lipinski definition) is 1. The fourth-order valence-electron chi connectivity index (χ4n) is 1.74. The highest BCUT2D eigenvalue weighted by molar-refractivity contribution is 7.91. The monoisotopic (exact) mass is 339 g/mol. The van der Waals surface area contributed by atoms with Gasteiger partial charge in [0.1, 0.15) is 5.82 Å². The number of hydrogen-bond acceptors (Lipinski definition) is 6. The van der Waals surface area contributed by atoms with Crippen molar-refractivity contribution in [2.75, 3.05) is 4.72 Å². The van der Waals surface area contributed by atoms with Crippen LogP contribution in [-0.4, -0.2) is 18.6 Å². The SMILES string of the molecule is O=S(=O)(Cc1ccc(F)cc1)Nc1noc(-c2ccsc2)n1. The molecule has 2 heterocycles. The molecule has 114 valence electrons. The van der Waals surface area contributed by atoms with Crippen LogP contribution in [-0.2, 0) is 15.8 Å². The van der Waals surface area contributed by atoms with Gasteiger partial charge in [-0.3, -0.25) is 0 Å². The molecule has 0 saturated heterocycles. The largest absolute Gasteiger partial charge is 0.332 e. The Morgan fingerprint density at radius 1 is 1.23 bits per heavy atom. The average Bonchev–Trinajstić information content (AvgIpc) is 3.11. The van der Waals surface area contributed by atoms with Crippen molar-refractivity contribution in [3.63, 3.8) is 0 Å². The Hall–Kier alpha value is -2.26. The zero-order valence-corrected chi connectivity index (χ0v) is 12.7. The second-order valence-electron chi connectivity index (χ2n) is 4.42. The summed E-state index contributed by atoms with van der Waals surface area (Å²) in [6, 6.07) is 7.00. The van der Waals surface area contributed by atoms with Crippen molar-refractivity contribution >= 4 is 27.3 Å². The molecule has 0 spiro atoms. The van der Waals surface area contributed by atoms with E-state index in [1.165, 1.54) is 35.6 Å². The van der Waals surface area contributed by atoms with Crippen LogP contribution in [0.4, 0.5) is 10.3 Å². The van der Waals surface area contributed by atoms with E-state index in [4.69, 9.17) is 4.52 Å². The number of halogens is 1. The number of aromatic nitrogens is 2. The van der Waals surface area contributed by atoms with Crippen molar-refractivity contribution < 1.29 is 17.3 Å². The van der Waals surface area contributed by atoms with Crippen LogP contribution >= 0.6 is 11.3 Å². The molecule has 3 rings (SSSR count). The summed E-state index contributed by atoms with van der Waals surface area (Å²) in [7, 11) is -3.71. The van der Waals surface area contributed by atoms with Gasteiger partial charge in [0.05, 0.1) is 11.3 Å². The standard InChI is InChI=1S/C13H10FN3O3S2/c14-11-3-1-9(2-4-11)8-22(18,19)17-13-15-12(20-16-13)10-5-6-21-7-10/h1-7H,8H2,(H,16,17). The van der Waals surface area contributed by atoms with Gasteiger partial charge in [-0.25, -0.2) is 17.5 Å². The first-order valence-corrected chi connectivity index (χ1v) is 8.72. The van der Waals surface area contributed by atoms with Gasteiger partial charge in [0, 0.05) is 5.38 Å². The van der Waals surface area contributed by atoms with Crippen LogP contribution in [0.5, 0.6) is 0 Å². The zero-order chi connectivity index (χ0) is 15.6. The molecule has 6 nitrogen and oxygen atoms in total. The minimum Gasteiger partial charge on any atom is -0.332 e. The number of thiophene rings is 1. The molecule has 1 N–H and O–H groups in total. The third-order valence-corrected chi connectivity index (χ3v) is 4.60. The maximum Gasteiger partial charge on any atom is 0.277 e. The lowest BCUT2D eigenvalue weighted by molar-refractivity contribution is 0.433. The summed E-state index contributed by atoms with van der Waals surface area (Å²) >= 11 is 1.46. The molecular formula is C13H10FN3O3S2. The van der Waals surface area contributed by atoms with E-state index < -0.39 is 15.8 Å². The average molecular weight is 339 g/mol. The van der Waals surface area contributed by atoms with Crippen molar-refractivity contribution in [2.45, 2.75) is 5.75 Å². The van der Waals surface area contributed by atoms with Crippen LogP contribution < -0.4 is 4.72 Å². The van der Waals surface area contributed by atoms with Crippen LogP contribution in [0.1, 0.15) is 5.56 Å². The number of benzene rings is 1. The molecule has 0 atom stereocenters. The fourth-order valence-corrected chi connectivity index (χ4v) is 3.44. The van der Waals surface area contributed by atoms with Crippen LogP contribution in [0.3, 0.4) is 0 Å². The third-order valence-electron chi connectivity index (χ3n) is 2.71. The van der Waals surface area contributed by atoms with Crippen molar-refractivity contribution in [2.24, 2.45) is 0 Å². The molecule has 22 heavy (non-hydrogen) atoms. The molecule has 0 bridgehead atoms. The Balaban J connectivity index is 1.73. The molecule has 0 radical (unpaired) electrons. The smallest absolute Gasteiger partial charge is 0.277 e. The predicted octanol–water partition coefficient (Wildman–Crippen LogP) is 2.88. The molecule has 0 amide bonds. The molecule has 1 aromatic carbocycles. The summed E-state index contributed by atoms with van der Waals surface area (Å²) in [5.74, 6) is -0.632. The Bertz CT molecular complexity index is 858. The molecule has 0 aliphatic heterocycles. The molecule has 0 fully saturated rings. The Labute approximate surface area is 129 Å². The van der Waals surface area contributed by atoms with Gasteiger partial charge in [-0.05, 0) is 34.3 Å². The van der Waals surface area contributed by atoms with E-state index in [1.807, 2.05) is 10.8 Å². The number of nitrogens with one attached hydrogen (secondary N) is 1. The van der Waals surface area contributed by atoms with Gasteiger partial charge in [-0.2, -0.15) is 16.3 Å². The highest BCUT2D eigenvalue weighted by Crippen LogP contribution is 2.21. The van der Waals surface area contributed by atoms with Gasteiger partial charge in [0.2, 0.25) is 10.0 Å². The molecule has 0 saturated carbocycles. The normalized spacial score (nSPS) is 11.5. The highest BCUT2D eigenvalue weighted by atomic mass is 32.2. The van der Waals surface area contributed by atoms with E-state index in [0.29, 0.717) is 5.56 Å². The summed E-state index contributed by atoms with van der Waals surface area (Å²) in [5, 5.41) is 7.24. The lowest BCUT2D eigenvalue weighted by Gasteiger charge is -2.03. The summed E-state index contributed by atoms with van der Waals surface area (Å²) in [4.78, 5) is 3.97. The van der Waals surface area contributed by atoms with Crippen molar-refractivity contribution in [3.05, 3.63) is 52.5 Å². The Kier molecular flexibility index (Phi) is 3.90. The number of rotatable bonds is 5. The van der Waals surface area contributed by atoms with E-state index in [0.717, 1.165) is 5.56 Å². The van der Waals surface area contributed by atoms with Crippen LogP contribution in [0, 0.1) is 5.82 Å². The summed E-state index contributed by atoms with van der Waals surface area (Å²) in [6.07, 6.45) is 0. The maximum atomic E-state index is 12.8. The molecule has 0 unspecified atom stereocenters. The molecular weight excluding hydrogens is 329 g/mol. The second-order valence-corrected chi connectivity index (χ2v) is 6.93. The highest BCUT2D eigenvalue weighted by Gasteiger charge is 2.16. The molecule has 0 aliphatic carbocycles. The molecule has 2 aromatic heterocycles. The molecule has 3 aromatic rings. The van der Waals surface area contributed by atoms with Gasteiger partial charge < -0.3 is 4.52 Å². The summed E-state index contributed by atoms with van der Waals surface area (Å²) < 4.78 is 44.1. The lowest BCUT2D eigenvalue weighted by Crippen LogP contribution is -2.16. The van der Waals surface area contributed by atoms with Gasteiger partial charge in [-0.15, -0.1) is 0 Å². The first-order chi connectivity index (χ1) is 10.5. The first-order valence-electron chi connectivity index (χ1n) is 6.13. The van der Waals surface area contributed by atoms with Crippen molar-refractivity contribution in [3.8, 4) is 11.5 Å². The van der Waals surface area contributed by atoms with Gasteiger partial charge in [0.15, 0.2) is 0 Å². The minimum absolute atomic E-state index is 0.136. The minimum atomic E-state index is -3.71. The number of anilines is 1. The van der Waals surface area contributed by atoms with Crippen LogP contribution in [0.25, 0.3) is 11.5 Å². The van der Waals surface area contributed by atoms with E-state index in [2.05, 4.69) is 14.9 Å². The van der Waals surface area contributed by atoms with E-state index in [9.17, 15) is 12.8 Å². The van der Waals surface area contributed by atoms with E-state index >= 15 is 0 Å².